The average molecular weight is 279 g/mol. The molecular weight excluding hydrogens is 254 g/mol. The molecule has 0 aliphatic carbocycles. The highest BCUT2D eigenvalue weighted by molar-refractivity contribution is 7.80. The summed E-state index contributed by atoms with van der Waals surface area (Å²) in [6.07, 6.45) is 0. The summed E-state index contributed by atoms with van der Waals surface area (Å²) in [7, 11) is 4.17. The molecule has 0 amide bonds. The Morgan fingerprint density at radius 2 is 2.00 bits per heavy atom. The lowest BCUT2D eigenvalue weighted by molar-refractivity contribution is 0.344. The largest absolute Gasteiger partial charge is 0.389 e. The molecule has 1 atom stereocenters. The van der Waals surface area contributed by atoms with E-state index in [1.165, 1.54) is 5.56 Å². The first kappa shape index (κ1) is 15.9. The third kappa shape index (κ3) is 4.80. The van der Waals surface area contributed by atoms with E-state index in [2.05, 4.69) is 50.3 Å². The predicted octanol–water partition coefficient (Wildman–Crippen LogP) is 2.63. The highest BCUT2D eigenvalue weighted by Gasteiger charge is 2.16. The van der Waals surface area contributed by atoms with E-state index < -0.39 is 0 Å². The molecule has 1 aromatic carbocycles. The van der Waals surface area contributed by atoms with Crippen LogP contribution in [0.4, 0.5) is 5.69 Å². The number of hydrogen-bond donors (Lipinski definition) is 2. The highest BCUT2D eigenvalue weighted by atomic mass is 32.1. The molecule has 3 nitrogen and oxygen atoms in total. The van der Waals surface area contributed by atoms with Crippen molar-refractivity contribution in [1.82, 2.24) is 4.90 Å². The average Bonchev–Trinajstić information content (AvgIpc) is 2.29. The summed E-state index contributed by atoms with van der Waals surface area (Å²) in [6.45, 7) is 7.46. The summed E-state index contributed by atoms with van der Waals surface area (Å²) in [5.41, 5.74) is 8.94. The van der Waals surface area contributed by atoms with Crippen LogP contribution in [0.15, 0.2) is 18.2 Å². The minimum atomic E-state index is 0.366. The van der Waals surface area contributed by atoms with Crippen LogP contribution in [-0.2, 0) is 0 Å². The van der Waals surface area contributed by atoms with Gasteiger partial charge in [0.1, 0.15) is 4.99 Å². The number of aryl methyl sites for hydroxylation is 1. The number of anilines is 1. The molecule has 0 radical (unpaired) electrons. The molecule has 19 heavy (non-hydrogen) atoms. The summed E-state index contributed by atoms with van der Waals surface area (Å²) in [4.78, 5) is 2.63. The van der Waals surface area contributed by atoms with Crippen molar-refractivity contribution in [1.29, 1.82) is 0 Å². The van der Waals surface area contributed by atoms with Gasteiger partial charge in [-0.15, -0.1) is 0 Å². The van der Waals surface area contributed by atoms with Gasteiger partial charge in [0.2, 0.25) is 0 Å². The lowest BCUT2D eigenvalue weighted by atomic mass is 10.0. The van der Waals surface area contributed by atoms with E-state index in [4.69, 9.17) is 18.0 Å². The topological polar surface area (TPSA) is 41.3 Å². The van der Waals surface area contributed by atoms with Gasteiger partial charge in [-0.3, -0.25) is 0 Å². The first-order valence-electron chi connectivity index (χ1n) is 6.63. The van der Waals surface area contributed by atoms with Crippen LogP contribution >= 0.6 is 12.2 Å². The van der Waals surface area contributed by atoms with Crippen molar-refractivity contribution in [2.45, 2.75) is 26.8 Å². The molecule has 0 fully saturated rings. The third-order valence-electron chi connectivity index (χ3n) is 3.15. The number of rotatable bonds is 6. The number of thiocarbonyl (C=S) groups is 1. The molecule has 0 aromatic heterocycles. The maximum atomic E-state index is 5.82. The third-order valence-corrected chi connectivity index (χ3v) is 3.37. The Morgan fingerprint density at radius 3 is 2.47 bits per heavy atom. The smallest absolute Gasteiger partial charge is 0.106 e. The molecule has 0 aliphatic heterocycles. The Hall–Kier alpha value is -1.13. The monoisotopic (exact) mass is 279 g/mol. The van der Waals surface area contributed by atoms with Crippen molar-refractivity contribution in [3.8, 4) is 0 Å². The fourth-order valence-corrected chi connectivity index (χ4v) is 2.17. The normalized spacial score (nSPS) is 12.8. The minimum Gasteiger partial charge on any atom is -0.389 e. The van der Waals surface area contributed by atoms with E-state index in [0.717, 1.165) is 17.8 Å². The second kappa shape index (κ2) is 6.87. The van der Waals surface area contributed by atoms with E-state index in [0.29, 0.717) is 16.9 Å². The van der Waals surface area contributed by atoms with Crippen molar-refractivity contribution in [2.24, 2.45) is 11.7 Å². The molecule has 0 bridgehead atoms. The molecule has 3 N–H and O–H groups in total. The van der Waals surface area contributed by atoms with E-state index in [1.54, 1.807) is 0 Å². The van der Waals surface area contributed by atoms with E-state index in [1.807, 2.05) is 13.0 Å². The van der Waals surface area contributed by atoms with Crippen LogP contribution in [0.2, 0.25) is 0 Å². The Bertz CT molecular complexity index is 441. The van der Waals surface area contributed by atoms with E-state index in [9.17, 15) is 0 Å². The summed E-state index contributed by atoms with van der Waals surface area (Å²) < 4.78 is 0. The lowest BCUT2D eigenvalue weighted by Gasteiger charge is -2.27. The maximum Gasteiger partial charge on any atom is 0.106 e. The number of likely N-dealkylation sites (N-methyl/N-ethyl adjacent to an activating group) is 1. The minimum absolute atomic E-state index is 0.366. The van der Waals surface area contributed by atoms with Crippen LogP contribution in [0.1, 0.15) is 25.0 Å². The van der Waals surface area contributed by atoms with Gasteiger partial charge < -0.3 is 16.0 Å². The summed E-state index contributed by atoms with van der Waals surface area (Å²) in [5, 5.41) is 3.58. The Morgan fingerprint density at radius 1 is 1.37 bits per heavy atom. The first-order valence-corrected chi connectivity index (χ1v) is 7.03. The molecule has 1 rings (SSSR count). The van der Waals surface area contributed by atoms with Gasteiger partial charge in [-0.1, -0.05) is 37.7 Å². The Kier molecular flexibility index (Phi) is 5.76. The van der Waals surface area contributed by atoms with Crippen LogP contribution in [0.3, 0.4) is 0 Å². The highest BCUT2D eigenvalue weighted by Crippen LogP contribution is 2.20. The molecule has 0 saturated carbocycles. The van der Waals surface area contributed by atoms with Crippen molar-refractivity contribution in [3.05, 3.63) is 29.3 Å². The van der Waals surface area contributed by atoms with E-state index in [-0.39, 0.29) is 0 Å². The SMILES string of the molecule is Cc1ccc(NC(CN(C)C)C(C)C)c(C(N)=S)c1. The molecule has 1 unspecified atom stereocenters. The molecule has 0 spiro atoms. The standard InChI is InChI=1S/C15H25N3S/c1-10(2)14(9-18(4)5)17-13-7-6-11(3)8-12(13)15(16)19/h6-8,10,14,17H,9H2,1-5H3,(H2,16,19). The van der Waals surface area contributed by atoms with Crippen LogP contribution in [0, 0.1) is 12.8 Å². The zero-order valence-electron chi connectivity index (χ0n) is 12.5. The summed E-state index contributed by atoms with van der Waals surface area (Å²) in [5.74, 6) is 0.530. The van der Waals surface area contributed by atoms with Gasteiger partial charge in [0.05, 0.1) is 0 Å². The number of benzene rings is 1. The number of nitrogens with two attached hydrogens (primary N) is 1. The van der Waals surface area contributed by atoms with Gasteiger partial charge >= 0.3 is 0 Å². The Labute approximate surface area is 122 Å². The summed E-state index contributed by atoms with van der Waals surface area (Å²) >= 11 is 5.14. The second-order valence-electron chi connectivity index (χ2n) is 5.67. The Balaban J connectivity index is 2.99. The fraction of sp³-hybridized carbons (Fsp3) is 0.533. The first-order chi connectivity index (χ1) is 8.81. The van der Waals surface area contributed by atoms with Gasteiger partial charge in [-0.25, -0.2) is 0 Å². The van der Waals surface area contributed by atoms with E-state index >= 15 is 0 Å². The molecule has 106 valence electrons. The van der Waals surface area contributed by atoms with Gasteiger partial charge in [0.15, 0.2) is 0 Å². The van der Waals surface area contributed by atoms with Crippen LogP contribution in [-0.4, -0.2) is 36.6 Å². The summed E-state index contributed by atoms with van der Waals surface area (Å²) in [6, 6.07) is 6.55. The molecule has 0 heterocycles. The number of hydrogen-bond acceptors (Lipinski definition) is 3. The molecule has 0 aliphatic rings. The molecule has 0 saturated heterocycles. The molecule has 4 heteroatoms. The maximum absolute atomic E-state index is 5.82. The van der Waals surface area contributed by atoms with Gasteiger partial charge in [0.25, 0.3) is 0 Å². The van der Waals surface area contributed by atoms with Gasteiger partial charge in [0, 0.05) is 23.8 Å². The zero-order chi connectivity index (χ0) is 14.6. The second-order valence-corrected chi connectivity index (χ2v) is 6.11. The van der Waals surface area contributed by atoms with Crippen LogP contribution in [0.5, 0.6) is 0 Å². The van der Waals surface area contributed by atoms with Crippen LogP contribution in [0.25, 0.3) is 0 Å². The molecule has 1 aromatic rings. The van der Waals surface area contributed by atoms with Gasteiger partial charge in [-0.05, 0) is 39.1 Å². The molecular formula is C15H25N3S. The van der Waals surface area contributed by atoms with Gasteiger partial charge in [-0.2, -0.15) is 0 Å². The van der Waals surface area contributed by atoms with Crippen molar-refractivity contribution in [3.63, 3.8) is 0 Å². The van der Waals surface area contributed by atoms with Crippen LogP contribution < -0.4 is 11.1 Å². The predicted molar refractivity (Wildman–Crippen MR) is 87.9 cm³/mol. The lowest BCUT2D eigenvalue weighted by Crippen LogP contribution is -2.37. The van der Waals surface area contributed by atoms with Crippen molar-refractivity contribution < 1.29 is 0 Å². The quantitative estimate of drug-likeness (QED) is 0.786. The zero-order valence-corrected chi connectivity index (χ0v) is 13.3. The fourth-order valence-electron chi connectivity index (χ4n) is 2.00. The number of nitrogens with zero attached hydrogens (tertiary/aromatic N) is 1. The van der Waals surface area contributed by atoms with Crippen molar-refractivity contribution >= 4 is 22.9 Å². The van der Waals surface area contributed by atoms with Crippen molar-refractivity contribution in [2.75, 3.05) is 26.0 Å². The number of nitrogens with one attached hydrogen (secondary N) is 1.